The molecule has 0 amide bonds. The van der Waals surface area contributed by atoms with Crippen molar-refractivity contribution < 1.29 is 0 Å². The number of nitrogens with zero attached hydrogens (tertiary/aromatic N) is 1. The second-order valence-corrected chi connectivity index (χ2v) is 8.66. The Balaban J connectivity index is 2.05. The zero-order chi connectivity index (χ0) is 21.0. The van der Waals surface area contributed by atoms with Crippen molar-refractivity contribution in [3.8, 4) is 0 Å². The standard InChI is InChI=1S/C28H33N/c1-7-22-9-15-25(16-10-22)29(26-17-11-23(12-18-26)21(3)4)27-19-13-24(14-20-27)28(5,6)8-2/h7,9-21H,1,8H2,2-6H3. The molecule has 0 heterocycles. The van der Waals surface area contributed by atoms with Crippen LogP contribution >= 0.6 is 0 Å². The fourth-order valence-electron chi connectivity index (χ4n) is 3.48. The summed E-state index contributed by atoms with van der Waals surface area (Å²) in [5.41, 5.74) is 7.54. The first-order valence-electron chi connectivity index (χ1n) is 10.6. The van der Waals surface area contributed by atoms with E-state index < -0.39 is 0 Å². The third-order valence-electron chi connectivity index (χ3n) is 6.00. The molecule has 0 fully saturated rings. The highest BCUT2D eigenvalue weighted by atomic mass is 15.1. The summed E-state index contributed by atoms with van der Waals surface area (Å²) < 4.78 is 0. The van der Waals surface area contributed by atoms with Crippen LogP contribution in [0.15, 0.2) is 79.4 Å². The Kier molecular flexibility index (Phi) is 6.27. The van der Waals surface area contributed by atoms with Gasteiger partial charge in [-0.05, 0) is 70.8 Å². The van der Waals surface area contributed by atoms with E-state index in [0.717, 1.165) is 17.7 Å². The van der Waals surface area contributed by atoms with Gasteiger partial charge in [0.15, 0.2) is 0 Å². The Hall–Kier alpha value is -2.80. The van der Waals surface area contributed by atoms with Crippen molar-refractivity contribution in [1.29, 1.82) is 0 Å². The first kappa shape index (κ1) is 20.9. The summed E-state index contributed by atoms with van der Waals surface area (Å²) >= 11 is 0. The van der Waals surface area contributed by atoms with E-state index in [1.165, 1.54) is 22.5 Å². The zero-order valence-electron chi connectivity index (χ0n) is 18.4. The first-order chi connectivity index (χ1) is 13.9. The molecule has 0 bridgehead atoms. The van der Waals surface area contributed by atoms with Gasteiger partial charge in [-0.3, -0.25) is 0 Å². The van der Waals surface area contributed by atoms with Crippen LogP contribution in [-0.4, -0.2) is 0 Å². The Morgan fingerprint density at radius 1 is 0.793 bits per heavy atom. The molecule has 1 heteroatoms. The molecule has 0 unspecified atom stereocenters. The third kappa shape index (κ3) is 4.62. The van der Waals surface area contributed by atoms with E-state index in [-0.39, 0.29) is 5.41 Å². The molecule has 1 nitrogen and oxygen atoms in total. The SMILES string of the molecule is C=Cc1ccc(N(c2ccc(C(C)C)cc2)c2ccc(C(C)(C)CC)cc2)cc1. The maximum Gasteiger partial charge on any atom is 0.0462 e. The van der Waals surface area contributed by atoms with Crippen LogP contribution in [0.3, 0.4) is 0 Å². The topological polar surface area (TPSA) is 3.24 Å². The van der Waals surface area contributed by atoms with Crippen LogP contribution in [-0.2, 0) is 5.41 Å². The minimum atomic E-state index is 0.188. The molecule has 0 aromatic heterocycles. The van der Waals surface area contributed by atoms with E-state index in [9.17, 15) is 0 Å². The molecule has 3 rings (SSSR count). The van der Waals surface area contributed by atoms with Crippen LogP contribution in [0.5, 0.6) is 0 Å². The van der Waals surface area contributed by atoms with Crippen LogP contribution in [0.1, 0.15) is 63.6 Å². The molecule has 29 heavy (non-hydrogen) atoms. The fourth-order valence-corrected chi connectivity index (χ4v) is 3.48. The van der Waals surface area contributed by atoms with Crippen molar-refractivity contribution in [2.75, 3.05) is 4.90 Å². The number of hydrogen-bond donors (Lipinski definition) is 0. The lowest BCUT2D eigenvalue weighted by Gasteiger charge is -2.28. The van der Waals surface area contributed by atoms with Crippen molar-refractivity contribution in [3.05, 3.63) is 96.1 Å². The van der Waals surface area contributed by atoms with Gasteiger partial charge in [0.05, 0.1) is 0 Å². The second kappa shape index (κ2) is 8.69. The molecule has 0 N–H and O–H groups in total. The zero-order valence-corrected chi connectivity index (χ0v) is 18.4. The van der Waals surface area contributed by atoms with E-state index >= 15 is 0 Å². The fraction of sp³-hybridized carbons (Fsp3) is 0.286. The molecule has 0 radical (unpaired) electrons. The Bertz CT molecular complexity index is 929. The predicted octanol–water partition coefficient (Wildman–Crippen LogP) is 8.61. The van der Waals surface area contributed by atoms with Crippen molar-refractivity contribution in [2.45, 2.75) is 52.4 Å². The molecule has 0 aliphatic carbocycles. The van der Waals surface area contributed by atoms with Crippen molar-refractivity contribution in [3.63, 3.8) is 0 Å². The van der Waals surface area contributed by atoms with Crippen molar-refractivity contribution in [1.82, 2.24) is 0 Å². The van der Waals surface area contributed by atoms with E-state index in [2.05, 4.69) is 119 Å². The van der Waals surface area contributed by atoms with Gasteiger partial charge in [0.1, 0.15) is 0 Å². The van der Waals surface area contributed by atoms with Gasteiger partial charge in [0.25, 0.3) is 0 Å². The molecule has 0 saturated heterocycles. The largest absolute Gasteiger partial charge is 0.311 e. The summed E-state index contributed by atoms with van der Waals surface area (Å²) in [7, 11) is 0. The quantitative estimate of drug-likeness (QED) is 0.395. The average Bonchev–Trinajstić information content (AvgIpc) is 2.75. The summed E-state index contributed by atoms with van der Waals surface area (Å²) in [6.45, 7) is 15.2. The molecule has 150 valence electrons. The molecular weight excluding hydrogens is 350 g/mol. The van der Waals surface area contributed by atoms with E-state index in [0.29, 0.717) is 5.92 Å². The molecule has 3 aromatic rings. The summed E-state index contributed by atoms with van der Waals surface area (Å²) in [6.07, 6.45) is 3.00. The lowest BCUT2D eigenvalue weighted by atomic mass is 9.82. The van der Waals surface area contributed by atoms with Gasteiger partial charge in [-0.1, -0.05) is 83.7 Å². The minimum absolute atomic E-state index is 0.188. The van der Waals surface area contributed by atoms with Gasteiger partial charge in [-0.2, -0.15) is 0 Å². The van der Waals surface area contributed by atoms with E-state index in [1.807, 2.05) is 6.08 Å². The van der Waals surface area contributed by atoms with Crippen LogP contribution in [0.4, 0.5) is 17.1 Å². The van der Waals surface area contributed by atoms with Crippen LogP contribution in [0, 0.1) is 0 Å². The van der Waals surface area contributed by atoms with Crippen LogP contribution in [0.25, 0.3) is 6.08 Å². The van der Waals surface area contributed by atoms with E-state index in [4.69, 9.17) is 0 Å². The van der Waals surface area contributed by atoms with Crippen molar-refractivity contribution >= 4 is 23.1 Å². The van der Waals surface area contributed by atoms with Crippen LogP contribution in [0.2, 0.25) is 0 Å². The number of anilines is 3. The smallest absolute Gasteiger partial charge is 0.0462 e. The summed E-state index contributed by atoms with van der Waals surface area (Å²) in [5.74, 6) is 0.528. The minimum Gasteiger partial charge on any atom is -0.311 e. The van der Waals surface area contributed by atoms with Crippen molar-refractivity contribution in [2.24, 2.45) is 0 Å². The van der Waals surface area contributed by atoms with Gasteiger partial charge in [0.2, 0.25) is 0 Å². The van der Waals surface area contributed by atoms with Gasteiger partial charge in [-0.25, -0.2) is 0 Å². The Labute approximate surface area is 176 Å². The Morgan fingerprint density at radius 3 is 1.66 bits per heavy atom. The molecule has 0 aliphatic heterocycles. The maximum absolute atomic E-state index is 3.88. The molecule has 0 atom stereocenters. The predicted molar refractivity (Wildman–Crippen MR) is 129 cm³/mol. The van der Waals surface area contributed by atoms with Gasteiger partial charge in [0, 0.05) is 17.1 Å². The molecule has 0 spiro atoms. The second-order valence-electron chi connectivity index (χ2n) is 8.66. The number of rotatable bonds is 7. The number of benzene rings is 3. The monoisotopic (exact) mass is 383 g/mol. The third-order valence-corrected chi connectivity index (χ3v) is 6.00. The molecule has 0 saturated carbocycles. The van der Waals surface area contributed by atoms with Crippen LogP contribution < -0.4 is 4.90 Å². The highest BCUT2D eigenvalue weighted by Crippen LogP contribution is 2.37. The lowest BCUT2D eigenvalue weighted by molar-refractivity contribution is 0.506. The lowest BCUT2D eigenvalue weighted by Crippen LogP contribution is -2.16. The first-order valence-corrected chi connectivity index (χ1v) is 10.6. The summed E-state index contributed by atoms with van der Waals surface area (Å²) in [5, 5.41) is 0. The normalized spacial score (nSPS) is 11.5. The van der Waals surface area contributed by atoms with Gasteiger partial charge < -0.3 is 4.90 Å². The summed E-state index contributed by atoms with van der Waals surface area (Å²) in [4.78, 5) is 2.32. The number of hydrogen-bond acceptors (Lipinski definition) is 1. The van der Waals surface area contributed by atoms with E-state index in [1.54, 1.807) is 0 Å². The maximum atomic E-state index is 3.88. The Morgan fingerprint density at radius 2 is 1.24 bits per heavy atom. The average molecular weight is 384 g/mol. The van der Waals surface area contributed by atoms with Gasteiger partial charge in [-0.15, -0.1) is 0 Å². The molecule has 0 aliphatic rings. The highest BCUT2D eigenvalue weighted by molar-refractivity contribution is 5.77. The summed E-state index contributed by atoms with van der Waals surface area (Å²) in [6, 6.07) is 26.5. The molecule has 3 aromatic carbocycles. The molecular formula is C28H33N. The highest BCUT2D eigenvalue weighted by Gasteiger charge is 2.19. The van der Waals surface area contributed by atoms with Gasteiger partial charge >= 0.3 is 0 Å².